The molecule has 3 nitrogen and oxygen atoms in total. The summed E-state index contributed by atoms with van der Waals surface area (Å²) in [6.45, 7) is 1.79. The molecule has 0 fully saturated rings. The summed E-state index contributed by atoms with van der Waals surface area (Å²) in [7, 11) is 0. The first-order valence-electron chi connectivity index (χ1n) is 4.87. The van der Waals surface area contributed by atoms with Gasteiger partial charge in [-0.3, -0.25) is 4.79 Å². The fraction of sp³-hybridized carbons (Fsp3) is 0.0833. The third kappa shape index (κ3) is 2.55. The zero-order valence-corrected chi connectivity index (χ0v) is 10.5. The van der Waals surface area contributed by atoms with Crippen LogP contribution in [-0.4, -0.2) is 5.91 Å². The number of carbonyl (C=O) groups is 1. The summed E-state index contributed by atoms with van der Waals surface area (Å²) in [6, 6.07) is 4.43. The number of rotatable bonds is 2. The first-order valence-corrected chi connectivity index (χ1v) is 5.66. The standard InChI is InChI=1S/C12H9BrFNO2/c1-7-4-9(13)10(14)5-11(7)15-12(16)8-2-3-17-6-8/h2-6H,1H3,(H,15,16). The van der Waals surface area contributed by atoms with Crippen LogP contribution in [0.15, 0.2) is 39.6 Å². The molecule has 1 heterocycles. The van der Waals surface area contributed by atoms with Gasteiger partial charge in [-0.1, -0.05) is 0 Å². The first-order chi connectivity index (χ1) is 8.08. The number of furan rings is 1. The number of aryl methyl sites for hydroxylation is 1. The molecule has 0 saturated heterocycles. The Balaban J connectivity index is 2.25. The van der Waals surface area contributed by atoms with Gasteiger partial charge in [-0.2, -0.15) is 0 Å². The van der Waals surface area contributed by atoms with Gasteiger partial charge in [0.25, 0.3) is 5.91 Å². The van der Waals surface area contributed by atoms with Crippen molar-refractivity contribution in [3.63, 3.8) is 0 Å². The molecule has 1 aromatic carbocycles. The van der Waals surface area contributed by atoms with Crippen LogP contribution in [0.4, 0.5) is 10.1 Å². The Morgan fingerprint density at radius 2 is 2.24 bits per heavy atom. The third-order valence-electron chi connectivity index (χ3n) is 2.30. The van der Waals surface area contributed by atoms with E-state index in [9.17, 15) is 9.18 Å². The summed E-state index contributed by atoms with van der Waals surface area (Å²) in [4.78, 5) is 11.7. The number of hydrogen-bond acceptors (Lipinski definition) is 2. The lowest BCUT2D eigenvalue weighted by molar-refractivity contribution is 0.102. The molecule has 0 saturated carbocycles. The molecule has 0 aliphatic heterocycles. The number of amides is 1. The van der Waals surface area contributed by atoms with Gasteiger partial charge in [0, 0.05) is 5.69 Å². The lowest BCUT2D eigenvalue weighted by atomic mass is 10.2. The van der Waals surface area contributed by atoms with Crippen molar-refractivity contribution in [2.75, 3.05) is 5.32 Å². The average Bonchev–Trinajstić information content (AvgIpc) is 2.79. The summed E-state index contributed by atoms with van der Waals surface area (Å²) < 4.78 is 18.5. The summed E-state index contributed by atoms with van der Waals surface area (Å²) in [5.74, 6) is -0.748. The van der Waals surface area contributed by atoms with Crippen molar-refractivity contribution in [3.8, 4) is 0 Å². The van der Waals surface area contributed by atoms with E-state index in [0.717, 1.165) is 5.56 Å². The fourth-order valence-corrected chi connectivity index (χ4v) is 1.83. The maximum atomic E-state index is 13.3. The number of nitrogens with one attached hydrogen (secondary N) is 1. The normalized spacial score (nSPS) is 10.3. The predicted molar refractivity (Wildman–Crippen MR) is 65.5 cm³/mol. The van der Waals surface area contributed by atoms with Gasteiger partial charge in [0.05, 0.1) is 16.3 Å². The highest BCUT2D eigenvalue weighted by atomic mass is 79.9. The molecule has 0 atom stereocenters. The number of benzene rings is 1. The quantitative estimate of drug-likeness (QED) is 0.917. The zero-order valence-electron chi connectivity index (χ0n) is 8.96. The minimum atomic E-state index is -0.418. The van der Waals surface area contributed by atoms with E-state index >= 15 is 0 Å². The Bertz CT molecular complexity index is 552. The van der Waals surface area contributed by atoms with Gasteiger partial charge in [-0.15, -0.1) is 0 Å². The molecule has 0 radical (unpaired) electrons. The van der Waals surface area contributed by atoms with Crippen LogP contribution in [0.5, 0.6) is 0 Å². The molecule has 2 rings (SSSR count). The van der Waals surface area contributed by atoms with E-state index in [-0.39, 0.29) is 5.91 Å². The lowest BCUT2D eigenvalue weighted by Gasteiger charge is -2.08. The van der Waals surface area contributed by atoms with Crippen molar-refractivity contribution < 1.29 is 13.6 Å². The van der Waals surface area contributed by atoms with Crippen LogP contribution < -0.4 is 5.32 Å². The Morgan fingerprint density at radius 3 is 2.88 bits per heavy atom. The molecule has 5 heteroatoms. The Hall–Kier alpha value is -1.62. The minimum Gasteiger partial charge on any atom is -0.472 e. The van der Waals surface area contributed by atoms with Gasteiger partial charge in [-0.05, 0) is 46.6 Å². The second kappa shape index (κ2) is 4.71. The highest BCUT2D eigenvalue weighted by molar-refractivity contribution is 9.10. The van der Waals surface area contributed by atoms with Crippen LogP contribution in [0, 0.1) is 12.7 Å². The predicted octanol–water partition coefficient (Wildman–Crippen LogP) is 3.74. The first kappa shape index (κ1) is 11.9. The molecule has 1 aromatic heterocycles. The smallest absolute Gasteiger partial charge is 0.258 e. The van der Waals surface area contributed by atoms with Gasteiger partial charge in [0.15, 0.2) is 0 Å². The molecule has 1 amide bonds. The van der Waals surface area contributed by atoms with Crippen molar-refractivity contribution in [2.24, 2.45) is 0 Å². The number of hydrogen-bond donors (Lipinski definition) is 1. The maximum Gasteiger partial charge on any atom is 0.258 e. The largest absolute Gasteiger partial charge is 0.472 e. The summed E-state index contributed by atoms with van der Waals surface area (Å²) in [5.41, 5.74) is 1.61. The van der Waals surface area contributed by atoms with Crippen LogP contribution in [0.3, 0.4) is 0 Å². The molecule has 0 unspecified atom stereocenters. The molecule has 1 N–H and O–H groups in total. The van der Waals surface area contributed by atoms with Crippen LogP contribution >= 0.6 is 15.9 Å². The molecule has 0 bridgehead atoms. The second-order valence-electron chi connectivity index (χ2n) is 3.55. The van der Waals surface area contributed by atoms with Crippen LogP contribution in [-0.2, 0) is 0 Å². The van der Waals surface area contributed by atoms with Crippen molar-refractivity contribution >= 4 is 27.5 Å². The topological polar surface area (TPSA) is 42.2 Å². The van der Waals surface area contributed by atoms with E-state index in [1.54, 1.807) is 19.1 Å². The van der Waals surface area contributed by atoms with E-state index in [2.05, 4.69) is 21.2 Å². The van der Waals surface area contributed by atoms with Gasteiger partial charge in [0.2, 0.25) is 0 Å². The minimum absolute atomic E-state index is 0.330. The van der Waals surface area contributed by atoms with Gasteiger partial charge < -0.3 is 9.73 Å². The molecule has 2 aromatic rings. The van der Waals surface area contributed by atoms with E-state index in [4.69, 9.17) is 4.42 Å². The van der Waals surface area contributed by atoms with Crippen molar-refractivity contribution in [2.45, 2.75) is 6.92 Å². The lowest BCUT2D eigenvalue weighted by Crippen LogP contribution is -2.12. The molecule has 0 spiro atoms. The van der Waals surface area contributed by atoms with E-state index in [1.807, 2.05) is 0 Å². The van der Waals surface area contributed by atoms with Crippen LogP contribution in [0.1, 0.15) is 15.9 Å². The molecular weight excluding hydrogens is 289 g/mol. The van der Waals surface area contributed by atoms with Crippen LogP contribution in [0.25, 0.3) is 0 Å². The summed E-state index contributed by atoms with van der Waals surface area (Å²) in [6.07, 6.45) is 2.74. The average molecular weight is 298 g/mol. The second-order valence-corrected chi connectivity index (χ2v) is 4.40. The molecule has 17 heavy (non-hydrogen) atoms. The van der Waals surface area contributed by atoms with Crippen molar-refractivity contribution in [3.05, 3.63) is 52.1 Å². The Kier molecular flexibility index (Phi) is 3.28. The Morgan fingerprint density at radius 1 is 1.47 bits per heavy atom. The maximum absolute atomic E-state index is 13.3. The van der Waals surface area contributed by atoms with Gasteiger partial charge in [0.1, 0.15) is 12.1 Å². The third-order valence-corrected chi connectivity index (χ3v) is 2.91. The van der Waals surface area contributed by atoms with Gasteiger partial charge >= 0.3 is 0 Å². The highest BCUT2D eigenvalue weighted by Gasteiger charge is 2.11. The SMILES string of the molecule is Cc1cc(Br)c(F)cc1NC(=O)c1ccoc1. The molecular formula is C12H9BrFNO2. The van der Waals surface area contributed by atoms with E-state index < -0.39 is 5.82 Å². The van der Waals surface area contributed by atoms with E-state index in [1.165, 1.54) is 18.6 Å². The number of carbonyl (C=O) groups excluding carboxylic acids is 1. The Labute approximate surface area is 106 Å². The summed E-state index contributed by atoms with van der Waals surface area (Å²) in [5, 5.41) is 2.62. The molecule has 88 valence electrons. The van der Waals surface area contributed by atoms with Gasteiger partial charge in [-0.25, -0.2) is 4.39 Å². The van der Waals surface area contributed by atoms with E-state index in [0.29, 0.717) is 15.7 Å². The number of anilines is 1. The summed E-state index contributed by atoms with van der Waals surface area (Å²) >= 11 is 3.08. The highest BCUT2D eigenvalue weighted by Crippen LogP contribution is 2.24. The number of halogens is 2. The molecule has 0 aliphatic rings. The fourth-order valence-electron chi connectivity index (χ4n) is 1.37. The van der Waals surface area contributed by atoms with Crippen molar-refractivity contribution in [1.29, 1.82) is 0 Å². The zero-order chi connectivity index (χ0) is 12.4. The molecule has 0 aliphatic carbocycles. The monoisotopic (exact) mass is 297 g/mol. The van der Waals surface area contributed by atoms with Crippen molar-refractivity contribution in [1.82, 2.24) is 0 Å². The van der Waals surface area contributed by atoms with Crippen LogP contribution in [0.2, 0.25) is 0 Å².